The lowest BCUT2D eigenvalue weighted by Crippen LogP contribution is -2.16. The highest BCUT2D eigenvalue weighted by Gasteiger charge is 2.10. The first kappa shape index (κ1) is 17.4. The molecule has 0 saturated carbocycles. The van der Waals surface area contributed by atoms with Gasteiger partial charge < -0.3 is 15.8 Å². The number of hydrogen-bond acceptors (Lipinski definition) is 6. The maximum absolute atomic E-state index is 12.0. The Labute approximate surface area is 142 Å². The number of primary amides is 1. The fourth-order valence-electron chi connectivity index (χ4n) is 1.79. The number of hydrogen-bond donors (Lipinski definition) is 3. The summed E-state index contributed by atoms with van der Waals surface area (Å²) < 4.78 is 4.75. The first-order chi connectivity index (χ1) is 11.5. The van der Waals surface area contributed by atoms with Gasteiger partial charge >= 0.3 is 6.09 Å². The summed E-state index contributed by atoms with van der Waals surface area (Å²) in [4.78, 5) is 38.4. The van der Waals surface area contributed by atoms with Crippen LogP contribution in [0.3, 0.4) is 0 Å². The number of nitrogens with two attached hydrogens (primary N) is 1. The standard InChI is InChI=1S/C15H16N4O4S/c1-2-23-15(22)19-14-18-11(8-24-14)7-12(20)17-10-5-3-9(4-6-10)13(16)21/h3-6,8H,2,7H2,1H3,(H2,16,21)(H,17,20)(H,18,19,22). The molecule has 0 fully saturated rings. The largest absolute Gasteiger partial charge is 0.450 e. The van der Waals surface area contributed by atoms with Crippen molar-refractivity contribution in [3.63, 3.8) is 0 Å². The summed E-state index contributed by atoms with van der Waals surface area (Å²) in [5.41, 5.74) is 6.59. The Morgan fingerprint density at radius 1 is 1.21 bits per heavy atom. The van der Waals surface area contributed by atoms with Crippen LogP contribution in [0, 0.1) is 0 Å². The summed E-state index contributed by atoms with van der Waals surface area (Å²) in [6.45, 7) is 1.97. The van der Waals surface area contributed by atoms with Crippen molar-refractivity contribution in [3.8, 4) is 0 Å². The number of carbonyl (C=O) groups is 3. The molecule has 0 bridgehead atoms. The molecule has 8 nitrogen and oxygen atoms in total. The number of nitrogens with one attached hydrogen (secondary N) is 2. The van der Waals surface area contributed by atoms with E-state index in [4.69, 9.17) is 10.5 Å². The van der Waals surface area contributed by atoms with Gasteiger partial charge in [0.1, 0.15) is 0 Å². The van der Waals surface area contributed by atoms with Gasteiger partial charge in [0.25, 0.3) is 0 Å². The van der Waals surface area contributed by atoms with E-state index in [0.29, 0.717) is 22.1 Å². The highest BCUT2D eigenvalue weighted by molar-refractivity contribution is 7.13. The molecule has 0 aliphatic heterocycles. The van der Waals surface area contributed by atoms with Gasteiger partial charge in [-0.3, -0.25) is 14.9 Å². The molecule has 1 aromatic carbocycles. The number of rotatable bonds is 6. The van der Waals surface area contributed by atoms with E-state index in [1.807, 2.05) is 0 Å². The molecular weight excluding hydrogens is 332 g/mol. The minimum Gasteiger partial charge on any atom is -0.450 e. The number of thiazole rings is 1. The van der Waals surface area contributed by atoms with Gasteiger partial charge in [0, 0.05) is 16.6 Å². The predicted octanol–water partition coefficient (Wildman–Crippen LogP) is 1.99. The molecule has 0 unspecified atom stereocenters. The third-order valence-corrected chi connectivity index (χ3v) is 3.64. The molecule has 1 aromatic heterocycles. The molecule has 24 heavy (non-hydrogen) atoms. The molecule has 0 radical (unpaired) electrons. The van der Waals surface area contributed by atoms with Gasteiger partial charge in [-0.25, -0.2) is 9.78 Å². The number of amides is 3. The molecule has 0 saturated heterocycles. The second-order valence-corrected chi connectivity index (χ2v) is 5.51. The van der Waals surface area contributed by atoms with Crippen LogP contribution in [0.15, 0.2) is 29.6 Å². The van der Waals surface area contributed by atoms with Crippen LogP contribution < -0.4 is 16.4 Å². The fraction of sp³-hybridized carbons (Fsp3) is 0.200. The van der Waals surface area contributed by atoms with Crippen molar-refractivity contribution in [1.82, 2.24) is 4.98 Å². The van der Waals surface area contributed by atoms with Crippen molar-refractivity contribution < 1.29 is 19.1 Å². The van der Waals surface area contributed by atoms with Gasteiger partial charge in [-0.15, -0.1) is 11.3 Å². The van der Waals surface area contributed by atoms with Crippen molar-refractivity contribution in [2.75, 3.05) is 17.2 Å². The Morgan fingerprint density at radius 3 is 2.54 bits per heavy atom. The summed E-state index contributed by atoms with van der Waals surface area (Å²) in [5.74, 6) is -0.799. The van der Waals surface area contributed by atoms with Gasteiger partial charge in [0.2, 0.25) is 11.8 Å². The third-order valence-electron chi connectivity index (χ3n) is 2.83. The fourth-order valence-corrected chi connectivity index (χ4v) is 2.48. The lowest BCUT2D eigenvalue weighted by molar-refractivity contribution is -0.115. The SMILES string of the molecule is CCOC(=O)Nc1nc(CC(=O)Nc2ccc(C(N)=O)cc2)cs1. The highest BCUT2D eigenvalue weighted by atomic mass is 32.1. The van der Waals surface area contributed by atoms with Gasteiger partial charge in [-0.2, -0.15) is 0 Å². The Bertz CT molecular complexity index is 742. The van der Waals surface area contributed by atoms with E-state index < -0.39 is 12.0 Å². The zero-order valence-corrected chi connectivity index (χ0v) is 13.7. The second-order valence-electron chi connectivity index (χ2n) is 4.66. The first-order valence-corrected chi connectivity index (χ1v) is 7.93. The van der Waals surface area contributed by atoms with Gasteiger partial charge in [0.05, 0.1) is 18.7 Å². The molecule has 3 amide bonds. The van der Waals surface area contributed by atoms with E-state index in [1.165, 1.54) is 23.5 Å². The smallest absolute Gasteiger partial charge is 0.413 e. The Morgan fingerprint density at radius 2 is 1.92 bits per heavy atom. The molecule has 2 rings (SSSR count). The van der Waals surface area contributed by atoms with Crippen LogP contribution in [-0.2, 0) is 16.0 Å². The topological polar surface area (TPSA) is 123 Å². The summed E-state index contributed by atoms with van der Waals surface area (Å²) in [6.07, 6.45) is -0.532. The van der Waals surface area contributed by atoms with E-state index in [-0.39, 0.29) is 18.9 Å². The second kappa shape index (κ2) is 8.06. The van der Waals surface area contributed by atoms with Gasteiger partial charge in [-0.05, 0) is 31.2 Å². The van der Waals surface area contributed by atoms with Crippen LogP contribution in [0.4, 0.5) is 15.6 Å². The Hall–Kier alpha value is -2.94. The normalized spacial score (nSPS) is 10.0. The van der Waals surface area contributed by atoms with E-state index in [2.05, 4.69) is 15.6 Å². The number of nitrogens with zero attached hydrogens (tertiary/aromatic N) is 1. The number of ether oxygens (including phenoxy) is 1. The Balaban J connectivity index is 1.89. The molecule has 4 N–H and O–H groups in total. The van der Waals surface area contributed by atoms with Crippen LogP contribution in [0.1, 0.15) is 23.0 Å². The van der Waals surface area contributed by atoms with Crippen LogP contribution in [0.2, 0.25) is 0 Å². The average molecular weight is 348 g/mol. The quantitative estimate of drug-likeness (QED) is 0.736. The summed E-state index contributed by atoms with van der Waals surface area (Å²) >= 11 is 1.20. The van der Waals surface area contributed by atoms with E-state index >= 15 is 0 Å². The van der Waals surface area contributed by atoms with E-state index in [0.717, 1.165) is 0 Å². The van der Waals surface area contributed by atoms with Crippen LogP contribution in [-0.4, -0.2) is 29.5 Å². The van der Waals surface area contributed by atoms with Crippen LogP contribution in [0.5, 0.6) is 0 Å². The third kappa shape index (κ3) is 5.06. The monoisotopic (exact) mass is 348 g/mol. The first-order valence-electron chi connectivity index (χ1n) is 7.06. The highest BCUT2D eigenvalue weighted by Crippen LogP contribution is 2.17. The van der Waals surface area contributed by atoms with Crippen molar-refractivity contribution >= 4 is 40.1 Å². The van der Waals surface area contributed by atoms with Crippen molar-refractivity contribution in [2.45, 2.75) is 13.3 Å². The minimum absolute atomic E-state index is 0.0541. The molecule has 126 valence electrons. The molecule has 0 aliphatic carbocycles. The summed E-state index contributed by atoms with van der Waals surface area (Å²) in [5, 5.41) is 7.20. The molecule has 0 aliphatic rings. The molecule has 9 heteroatoms. The molecule has 2 aromatic rings. The van der Waals surface area contributed by atoms with Gasteiger partial charge in [0.15, 0.2) is 5.13 Å². The van der Waals surface area contributed by atoms with Crippen LogP contribution >= 0.6 is 11.3 Å². The molecule has 0 spiro atoms. The van der Waals surface area contributed by atoms with Gasteiger partial charge in [-0.1, -0.05) is 0 Å². The minimum atomic E-state index is -0.586. The molecule has 0 atom stereocenters. The van der Waals surface area contributed by atoms with Crippen molar-refractivity contribution in [2.24, 2.45) is 5.73 Å². The summed E-state index contributed by atoms with van der Waals surface area (Å²) in [7, 11) is 0. The maximum atomic E-state index is 12.0. The maximum Gasteiger partial charge on any atom is 0.413 e. The lowest BCUT2D eigenvalue weighted by Gasteiger charge is -2.04. The van der Waals surface area contributed by atoms with Crippen molar-refractivity contribution in [3.05, 3.63) is 40.9 Å². The zero-order valence-electron chi connectivity index (χ0n) is 12.9. The zero-order chi connectivity index (χ0) is 17.5. The summed E-state index contributed by atoms with van der Waals surface area (Å²) in [6, 6.07) is 6.24. The molecule has 1 heterocycles. The predicted molar refractivity (Wildman–Crippen MR) is 90.1 cm³/mol. The molecular formula is C15H16N4O4S. The Kier molecular flexibility index (Phi) is 5.85. The number of anilines is 2. The number of aromatic nitrogens is 1. The van der Waals surface area contributed by atoms with E-state index in [9.17, 15) is 14.4 Å². The lowest BCUT2D eigenvalue weighted by atomic mass is 10.2. The average Bonchev–Trinajstić information content (AvgIpc) is 2.94. The van der Waals surface area contributed by atoms with Crippen molar-refractivity contribution in [1.29, 1.82) is 0 Å². The van der Waals surface area contributed by atoms with E-state index in [1.54, 1.807) is 24.4 Å². The number of carbonyl (C=O) groups excluding carboxylic acids is 3. The number of benzene rings is 1. The van der Waals surface area contributed by atoms with Crippen LogP contribution in [0.25, 0.3) is 0 Å².